The molecule has 20 heavy (non-hydrogen) atoms. The molecule has 0 bridgehead atoms. The molecule has 0 radical (unpaired) electrons. The highest BCUT2D eigenvalue weighted by Gasteiger charge is 2.00. The van der Waals surface area contributed by atoms with Gasteiger partial charge in [-0.3, -0.25) is 0 Å². The second kappa shape index (κ2) is 6.19. The van der Waals surface area contributed by atoms with Crippen LogP contribution in [0.3, 0.4) is 0 Å². The van der Waals surface area contributed by atoms with Gasteiger partial charge in [-0.1, -0.05) is 12.1 Å². The smallest absolute Gasteiger partial charge is 0.137 e. The maximum absolute atomic E-state index is 4.12. The standard InChI is InChI=1S/C14H13BrN4S/c15-14-5-12(8-20-14)6-17-13-3-1-2-11(4-13)7-19-10-16-9-18-19/h1-5,8-10,17H,6-7H2. The zero-order valence-electron chi connectivity index (χ0n) is 10.7. The molecule has 0 aliphatic carbocycles. The molecule has 0 amide bonds. The zero-order valence-corrected chi connectivity index (χ0v) is 13.1. The third-order valence-electron chi connectivity index (χ3n) is 2.86. The molecule has 0 atom stereocenters. The van der Waals surface area contributed by atoms with E-state index < -0.39 is 0 Å². The summed E-state index contributed by atoms with van der Waals surface area (Å²) in [7, 11) is 0. The molecule has 3 aromatic rings. The Morgan fingerprint density at radius 3 is 2.95 bits per heavy atom. The second-order valence-electron chi connectivity index (χ2n) is 4.41. The summed E-state index contributed by atoms with van der Waals surface area (Å²) in [4.78, 5) is 3.95. The predicted molar refractivity (Wildman–Crippen MR) is 84.9 cm³/mol. The monoisotopic (exact) mass is 348 g/mol. The first-order valence-electron chi connectivity index (χ1n) is 6.18. The van der Waals surface area contributed by atoms with Crippen molar-refractivity contribution < 1.29 is 0 Å². The van der Waals surface area contributed by atoms with Crippen LogP contribution in [0.5, 0.6) is 0 Å². The minimum atomic E-state index is 0.736. The van der Waals surface area contributed by atoms with E-state index in [0.29, 0.717) is 0 Å². The third-order valence-corrected chi connectivity index (χ3v) is 4.41. The van der Waals surface area contributed by atoms with Crippen molar-refractivity contribution in [3.05, 3.63) is 63.3 Å². The van der Waals surface area contributed by atoms with Gasteiger partial charge in [0.1, 0.15) is 12.7 Å². The van der Waals surface area contributed by atoms with Crippen molar-refractivity contribution in [2.24, 2.45) is 0 Å². The highest BCUT2D eigenvalue weighted by atomic mass is 79.9. The fourth-order valence-corrected chi connectivity index (χ4v) is 3.13. The molecule has 0 saturated carbocycles. The van der Waals surface area contributed by atoms with Crippen molar-refractivity contribution in [1.82, 2.24) is 14.8 Å². The third kappa shape index (κ3) is 3.46. The van der Waals surface area contributed by atoms with Crippen LogP contribution < -0.4 is 5.32 Å². The van der Waals surface area contributed by atoms with E-state index in [4.69, 9.17) is 0 Å². The van der Waals surface area contributed by atoms with E-state index in [9.17, 15) is 0 Å². The Hall–Kier alpha value is -1.66. The van der Waals surface area contributed by atoms with Crippen LogP contribution in [0.2, 0.25) is 0 Å². The average molecular weight is 349 g/mol. The molecule has 0 aliphatic heterocycles. The molecular weight excluding hydrogens is 336 g/mol. The number of halogens is 1. The first-order valence-corrected chi connectivity index (χ1v) is 7.85. The normalized spacial score (nSPS) is 10.7. The first kappa shape index (κ1) is 13.3. The fourth-order valence-electron chi connectivity index (χ4n) is 1.92. The van der Waals surface area contributed by atoms with E-state index >= 15 is 0 Å². The van der Waals surface area contributed by atoms with Crippen LogP contribution >= 0.6 is 27.3 Å². The van der Waals surface area contributed by atoms with Crippen molar-refractivity contribution >= 4 is 33.0 Å². The summed E-state index contributed by atoms with van der Waals surface area (Å²) in [5.41, 5.74) is 3.60. The summed E-state index contributed by atoms with van der Waals surface area (Å²) in [6.07, 6.45) is 3.28. The summed E-state index contributed by atoms with van der Waals surface area (Å²) < 4.78 is 2.98. The van der Waals surface area contributed by atoms with Gasteiger partial charge < -0.3 is 5.32 Å². The van der Waals surface area contributed by atoms with Crippen molar-refractivity contribution in [2.45, 2.75) is 13.1 Å². The molecule has 0 fully saturated rings. The lowest BCUT2D eigenvalue weighted by Crippen LogP contribution is -2.02. The van der Waals surface area contributed by atoms with Crippen molar-refractivity contribution in [2.75, 3.05) is 5.32 Å². The highest BCUT2D eigenvalue weighted by molar-refractivity contribution is 9.11. The Kier molecular flexibility index (Phi) is 4.13. The number of aromatic nitrogens is 3. The summed E-state index contributed by atoms with van der Waals surface area (Å²) in [6, 6.07) is 10.5. The summed E-state index contributed by atoms with van der Waals surface area (Å²) in [6.45, 7) is 1.56. The fraction of sp³-hybridized carbons (Fsp3) is 0.143. The number of nitrogens with zero attached hydrogens (tertiary/aromatic N) is 3. The van der Waals surface area contributed by atoms with E-state index in [1.54, 1.807) is 24.0 Å². The molecule has 102 valence electrons. The van der Waals surface area contributed by atoms with E-state index in [1.807, 2.05) is 4.68 Å². The Morgan fingerprint density at radius 2 is 2.20 bits per heavy atom. The van der Waals surface area contributed by atoms with E-state index in [0.717, 1.165) is 22.6 Å². The topological polar surface area (TPSA) is 42.7 Å². The van der Waals surface area contributed by atoms with Gasteiger partial charge in [0.05, 0.1) is 10.3 Å². The number of hydrogen-bond donors (Lipinski definition) is 1. The zero-order chi connectivity index (χ0) is 13.8. The molecule has 2 heterocycles. The van der Waals surface area contributed by atoms with Crippen LogP contribution in [-0.2, 0) is 13.1 Å². The lowest BCUT2D eigenvalue weighted by Gasteiger charge is -2.07. The summed E-state index contributed by atoms with van der Waals surface area (Å²) in [5.74, 6) is 0. The maximum Gasteiger partial charge on any atom is 0.137 e. The molecule has 0 aliphatic rings. The van der Waals surface area contributed by atoms with Gasteiger partial charge in [-0.05, 0) is 50.6 Å². The molecule has 3 rings (SSSR count). The minimum Gasteiger partial charge on any atom is -0.381 e. The number of benzene rings is 1. The number of nitrogens with one attached hydrogen (secondary N) is 1. The maximum atomic E-state index is 4.12. The largest absolute Gasteiger partial charge is 0.381 e. The molecule has 6 heteroatoms. The molecule has 0 saturated heterocycles. The predicted octanol–water partition coefficient (Wildman–Crippen LogP) is 3.76. The van der Waals surface area contributed by atoms with Gasteiger partial charge in [-0.2, -0.15) is 5.10 Å². The molecule has 0 unspecified atom stereocenters. The highest BCUT2D eigenvalue weighted by Crippen LogP contribution is 2.21. The number of anilines is 1. The van der Waals surface area contributed by atoms with Gasteiger partial charge in [0.15, 0.2) is 0 Å². The van der Waals surface area contributed by atoms with Gasteiger partial charge in [-0.25, -0.2) is 9.67 Å². The molecule has 0 spiro atoms. The molecule has 2 aromatic heterocycles. The molecule has 4 nitrogen and oxygen atoms in total. The van der Waals surface area contributed by atoms with Crippen LogP contribution in [0, 0.1) is 0 Å². The van der Waals surface area contributed by atoms with Crippen molar-refractivity contribution in [3.63, 3.8) is 0 Å². The van der Waals surface area contributed by atoms with Gasteiger partial charge >= 0.3 is 0 Å². The quantitative estimate of drug-likeness (QED) is 0.763. The average Bonchev–Trinajstić information content (AvgIpc) is 3.09. The molecule has 1 aromatic carbocycles. The Balaban J connectivity index is 1.65. The van der Waals surface area contributed by atoms with E-state index in [-0.39, 0.29) is 0 Å². The van der Waals surface area contributed by atoms with Gasteiger partial charge in [0.25, 0.3) is 0 Å². The van der Waals surface area contributed by atoms with Crippen LogP contribution in [0.4, 0.5) is 5.69 Å². The van der Waals surface area contributed by atoms with Gasteiger partial charge in [0, 0.05) is 12.2 Å². The Labute approximate surface area is 129 Å². The van der Waals surface area contributed by atoms with Gasteiger partial charge in [0.2, 0.25) is 0 Å². The Bertz CT molecular complexity index is 678. The van der Waals surface area contributed by atoms with Crippen LogP contribution in [0.1, 0.15) is 11.1 Å². The lowest BCUT2D eigenvalue weighted by molar-refractivity contribution is 0.685. The van der Waals surface area contributed by atoms with Crippen LogP contribution in [0.15, 0.2) is 52.2 Å². The van der Waals surface area contributed by atoms with Crippen molar-refractivity contribution in [1.29, 1.82) is 0 Å². The minimum absolute atomic E-state index is 0.736. The number of hydrogen-bond acceptors (Lipinski definition) is 4. The molecular formula is C14H13BrN4S. The van der Waals surface area contributed by atoms with E-state index in [2.05, 4.69) is 67.0 Å². The SMILES string of the molecule is Brc1cc(CNc2cccc(Cn3cncn3)c2)cs1. The van der Waals surface area contributed by atoms with Crippen molar-refractivity contribution in [3.8, 4) is 0 Å². The van der Waals surface area contributed by atoms with Crippen LogP contribution in [-0.4, -0.2) is 14.8 Å². The number of thiophene rings is 1. The molecule has 1 N–H and O–H groups in total. The number of rotatable bonds is 5. The summed E-state index contributed by atoms with van der Waals surface area (Å²) in [5, 5.41) is 9.70. The first-order chi connectivity index (χ1) is 9.79. The Morgan fingerprint density at radius 1 is 1.25 bits per heavy atom. The van der Waals surface area contributed by atoms with E-state index in [1.165, 1.54) is 11.1 Å². The van der Waals surface area contributed by atoms with Gasteiger partial charge in [-0.15, -0.1) is 11.3 Å². The summed E-state index contributed by atoms with van der Waals surface area (Å²) >= 11 is 5.18. The second-order valence-corrected chi connectivity index (χ2v) is 6.70. The lowest BCUT2D eigenvalue weighted by atomic mass is 10.2. The van der Waals surface area contributed by atoms with Crippen LogP contribution in [0.25, 0.3) is 0 Å².